The number of benzene rings is 2. The number of rotatable bonds is 10. The van der Waals surface area contributed by atoms with Gasteiger partial charge in [-0.1, -0.05) is 37.3 Å². The monoisotopic (exact) mass is 328 g/mol. The van der Waals surface area contributed by atoms with Crippen molar-refractivity contribution in [2.75, 3.05) is 26.2 Å². The third-order valence-corrected chi connectivity index (χ3v) is 3.32. The molecule has 2 aromatic carbocycles. The number of amides is 1. The molecule has 0 aliphatic carbocycles. The molecule has 5 nitrogen and oxygen atoms in total. The Morgan fingerprint density at radius 3 is 2.25 bits per heavy atom. The van der Waals surface area contributed by atoms with Crippen LogP contribution in [0.25, 0.3) is 0 Å². The molecular formula is C19H24N2O3. The summed E-state index contributed by atoms with van der Waals surface area (Å²) in [4.78, 5) is 11.6. The lowest BCUT2D eigenvalue weighted by molar-refractivity contribution is -0.123. The smallest absolute Gasteiger partial charge is 0.257 e. The van der Waals surface area contributed by atoms with Gasteiger partial charge in [0.05, 0.1) is 0 Å². The van der Waals surface area contributed by atoms with Gasteiger partial charge in [-0.05, 0) is 36.4 Å². The van der Waals surface area contributed by atoms with E-state index in [1.54, 1.807) is 12.1 Å². The molecule has 0 unspecified atom stereocenters. The first-order valence-corrected chi connectivity index (χ1v) is 8.15. The highest BCUT2D eigenvalue weighted by molar-refractivity contribution is 5.77. The lowest BCUT2D eigenvalue weighted by atomic mass is 10.2. The van der Waals surface area contributed by atoms with Gasteiger partial charge < -0.3 is 20.1 Å². The van der Waals surface area contributed by atoms with Crippen molar-refractivity contribution in [1.29, 1.82) is 0 Å². The average Bonchev–Trinajstić information content (AvgIpc) is 2.63. The lowest BCUT2D eigenvalue weighted by Gasteiger charge is -2.09. The van der Waals surface area contributed by atoms with E-state index in [1.165, 1.54) is 0 Å². The molecule has 0 aromatic heterocycles. The number of ether oxygens (including phenoxy) is 2. The summed E-state index contributed by atoms with van der Waals surface area (Å²) in [6, 6.07) is 17.3. The van der Waals surface area contributed by atoms with Gasteiger partial charge in [-0.3, -0.25) is 4.79 Å². The fourth-order valence-electron chi connectivity index (χ4n) is 2.04. The quantitative estimate of drug-likeness (QED) is 0.658. The first-order valence-electron chi connectivity index (χ1n) is 8.15. The van der Waals surface area contributed by atoms with E-state index in [0.29, 0.717) is 18.9 Å². The van der Waals surface area contributed by atoms with Gasteiger partial charge in [0.25, 0.3) is 5.91 Å². The Bertz CT molecular complexity index is 600. The van der Waals surface area contributed by atoms with Crippen LogP contribution in [0.2, 0.25) is 0 Å². The fourth-order valence-corrected chi connectivity index (χ4v) is 2.04. The standard InChI is InChI=1S/C19H24N2O3/c1-2-20-12-13-21-19(22)15-24-18-10-8-17(9-11-18)23-14-16-6-4-3-5-7-16/h3-11,20H,2,12-15H2,1H3,(H,21,22). The minimum Gasteiger partial charge on any atom is -0.489 e. The molecule has 0 radical (unpaired) electrons. The van der Waals surface area contributed by atoms with Crippen molar-refractivity contribution >= 4 is 5.91 Å². The number of nitrogens with one attached hydrogen (secondary N) is 2. The molecule has 0 spiro atoms. The SMILES string of the molecule is CCNCCNC(=O)COc1ccc(OCc2ccccc2)cc1. The summed E-state index contributed by atoms with van der Waals surface area (Å²) in [5, 5.41) is 5.92. The molecule has 0 fully saturated rings. The van der Waals surface area contributed by atoms with E-state index in [4.69, 9.17) is 9.47 Å². The molecule has 5 heteroatoms. The molecule has 2 rings (SSSR count). The largest absolute Gasteiger partial charge is 0.489 e. The molecule has 24 heavy (non-hydrogen) atoms. The summed E-state index contributed by atoms with van der Waals surface area (Å²) in [5.74, 6) is 1.28. The molecule has 2 N–H and O–H groups in total. The van der Waals surface area contributed by atoms with Gasteiger partial charge in [-0.25, -0.2) is 0 Å². The lowest BCUT2D eigenvalue weighted by Crippen LogP contribution is -2.34. The van der Waals surface area contributed by atoms with E-state index in [9.17, 15) is 4.79 Å². The third kappa shape index (κ3) is 6.71. The molecule has 128 valence electrons. The topological polar surface area (TPSA) is 59.6 Å². The molecule has 0 bridgehead atoms. The summed E-state index contributed by atoms with van der Waals surface area (Å²) in [5.41, 5.74) is 1.12. The van der Waals surface area contributed by atoms with Crippen LogP contribution in [0.15, 0.2) is 54.6 Å². The molecule has 1 amide bonds. The molecule has 0 heterocycles. The van der Waals surface area contributed by atoms with Crippen LogP contribution in [-0.4, -0.2) is 32.1 Å². The van der Waals surface area contributed by atoms with Crippen molar-refractivity contribution in [1.82, 2.24) is 10.6 Å². The number of likely N-dealkylation sites (N-methyl/N-ethyl adjacent to an activating group) is 1. The highest BCUT2D eigenvalue weighted by Gasteiger charge is 2.02. The molecule has 0 saturated carbocycles. The van der Waals surface area contributed by atoms with Crippen molar-refractivity contribution in [3.05, 3.63) is 60.2 Å². The van der Waals surface area contributed by atoms with Crippen LogP contribution in [0.3, 0.4) is 0 Å². The predicted molar refractivity (Wildman–Crippen MR) is 94.3 cm³/mol. The van der Waals surface area contributed by atoms with Gasteiger partial charge in [-0.15, -0.1) is 0 Å². The van der Waals surface area contributed by atoms with Crippen LogP contribution in [0.5, 0.6) is 11.5 Å². The van der Waals surface area contributed by atoms with Crippen molar-refractivity contribution in [2.24, 2.45) is 0 Å². The van der Waals surface area contributed by atoms with Gasteiger partial charge in [-0.2, -0.15) is 0 Å². The van der Waals surface area contributed by atoms with Crippen LogP contribution in [-0.2, 0) is 11.4 Å². The zero-order valence-corrected chi connectivity index (χ0v) is 14.0. The highest BCUT2D eigenvalue weighted by Crippen LogP contribution is 2.18. The Morgan fingerprint density at radius 2 is 1.58 bits per heavy atom. The van der Waals surface area contributed by atoms with E-state index in [1.807, 2.05) is 49.4 Å². The van der Waals surface area contributed by atoms with E-state index in [-0.39, 0.29) is 12.5 Å². The number of carbonyl (C=O) groups excluding carboxylic acids is 1. The van der Waals surface area contributed by atoms with Crippen LogP contribution >= 0.6 is 0 Å². The molecule has 0 aliphatic heterocycles. The van der Waals surface area contributed by atoms with Gasteiger partial charge in [0.2, 0.25) is 0 Å². The number of hydrogen-bond donors (Lipinski definition) is 2. The zero-order chi connectivity index (χ0) is 17.0. The summed E-state index contributed by atoms with van der Waals surface area (Å²) in [6.45, 7) is 4.81. The molecule has 2 aromatic rings. The van der Waals surface area contributed by atoms with Gasteiger partial charge >= 0.3 is 0 Å². The van der Waals surface area contributed by atoms with Crippen molar-refractivity contribution in [3.63, 3.8) is 0 Å². The minimum atomic E-state index is -0.127. The Morgan fingerprint density at radius 1 is 0.917 bits per heavy atom. The Kier molecular flexibility index (Phi) is 7.63. The summed E-state index contributed by atoms with van der Waals surface area (Å²) in [7, 11) is 0. The fraction of sp³-hybridized carbons (Fsp3) is 0.316. The van der Waals surface area contributed by atoms with Crippen LogP contribution < -0.4 is 20.1 Å². The second-order valence-electron chi connectivity index (χ2n) is 5.24. The molecule has 0 aliphatic rings. The maximum absolute atomic E-state index is 11.6. The van der Waals surface area contributed by atoms with Crippen LogP contribution in [0, 0.1) is 0 Å². The van der Waals surface area contributed by atoms with Crippen molar-refractivity contribution in [3.8, 4) is 11.5 Å². The summed E-state index contributed by atoms with van der Waals surface area (Å²) < 4.78 is 11.2. The van der Waals surface area contributed by atoms with Crippen LogP contribution in [0.1, 0.15) is 12.5 Å². The maximum Gasteiger partial charge on any atom is 0.257 e. The normalized spacial score (nSPS) is 10.2. The summed E-state index contributed by atoms with van der Waals surface area (Å²) in [6.07, 6.45) is 0. The average molecular weight is 328 g/mol. The first kappa shape index (κ1) is 17.8. The third-order valence-electron chi connectivity index (χ3n) is 3.32. The second-order valence-corrected chi connectivity index (χ2v) is 5.24. The first-order chi connectivity index (χ1) is 11.8. The van der Waals surface area contributed by atoms with Gasteiger partial charge in [0, 0.05) is 13.1 Å². The summed E-state index contributed by atoms with van der Waals surface area (Å²) >= 11 is 0. The van der Waals surface area contributed by atoms with E-state index in [2.05, 4.69) is 10.6 Å². The molecule has 0 saturated heterocycles. The number of hydrogen-bond acceptors (Lipinski definition) is 4. The minimum absolute atomic E-state index is 0.0103. The van der Waals surface area contributed by atoms with Gasteiger partial charge in [0.15, 0.2) is 6.61 Å². The Balaban J connectivity index is 1.69. The predicted octanol–water partition coefficient (Wildman–Crippen LogP) is 2.37. The van der Waals surface area contributed by atoms with Crippen molar-refractivity contribution < 1.29 is 14.3 Å². The van der Waals surface area contributed by atoms with Gasteiger partial charge in [0.1, 0.15) is 18.1 Å². The zero-order valence-electron chi connectivity index (χ0n) is 14.0. The van der Waals surface area contributed by atoms with E-state index < -0.39 is 0 Å². The second kappa shape index (κ2) is 10.3. The van der Waals surface area contributed by atoms with Crippen LogP contribution in [0.4, 0.5) is 0 Å². The highest BCUT2D eigenvalue weighted by atomic mass is 16.5. The Hall–Kier alpha value is -2.53. The maximum atomic E-state index is 11.6. The molecular weight excluding hydrogens is 304 g/mol. The van der Waals surface area contributed by atoms with Crippen molar-refractivity contribution in [2.45, 2.75) is 13.5 Å². The molecule has 0 atom stereocenters. The van der Waals surface area contributed by atoms with E-state index >= 15 is 0 Å². The Labute approximate surface area is 143 Å². The number of carbonyl (C=O) groups is 1. The van der Waals surface area contributed by atoms with E-state index in [0.717, 1.165) is 24.4 Å².